The smallest absolute Gasteiger partial charge is 0.397 e. The molecule has 0 fully saturated rings. The molecule has 7 nitrogen and oxygen atoms in total. The number of carboxylic acid groups (broad SMARTS) is 1. The summed E-state index contributed by atoms with van der Waals surface area (Å²) >= 11 is 0. The van der Waals surface area contributed by atoms with Gasteiger partial charge in [-0.2, -0.15) is 0 Å². The van der Waals surface area contributed by atoms with Gasteiger partial charge in [0, 0.05) is 0 Å². The molecule has 0 aliphatic rings. The number of carboxylic acids is 1. The summed E-state index contributed by atoms with van der Waals surface area (Å²) in [6.45, 7) is 0. The lowest BCUT2D eigenvalue weighted by Gasteiger charge is -2.04. The van der Waals surface area contributed by atoms with Gasteiger partial charge in [0.25, 0.3) is 0 Å². The van der Waals surface area contributed by atoms with Crippen LogP contribution in [0.15, 0.2) is 30.3 Å². The summed E-state index contributed by atoms with van der Waals surface area (Å²) in [6, 6.07) is 8.54. The number of aliphatic carboxylic acids is 1. The van der Waals surface area contributed by atoms with Crippen LogP contribution in [0.1, 0.15) is 5.56 Å². The van der Waals surface area contributed by atoms with E-state index in [0.717, 1.165) is 5.56 Å². The van der Waals surface area contributed by atoms with E-state index in [9.17, 15) is 4.79 Å². The SMILES string of the molecule is NC(Cc1ccccc1)C(=O)O.NP(=O)(O)O. The summed E-state index contributed by atoms with van der Waals surface area (Å²) in [5.41, 5.74) is 10.3. The normalized spacial score (nSPS) is 12.2. The fourth-order valence-corrected chi connectivity index (χ4v) is 0.955. The van der Waals surface area contributed by atoms with Crippen LogP contribution in [0.4, 0.5) is 0 Å². The third-order valence-electron chi connectivity index (χ3n) is 1.62. The van der Waals surface area contributed by atoms with E-state index in [4.69, 9.17) is 25.2 Å². The van der Waals surface area contributed by atoms with E-state index in [-0.39, 0.29) is 0 Å². The molecule has 1 aromatic rings. The third kappa shape index (κ3) is 11.0. The molecule has 0 aromatic heterocycles. The van der Waals surface area contributed by atoms with Crippen LogP contribution in [0.25, 0.3) is 0 Å². The van der Waals surface area contributed by atoms with Gasteiger partial charge in [0.2, 0.25) is 0 Å². The standard InChI is InChI=1S/C9H11NO2.H4NO3P/c10-8(9(11)12)6-7-4-2-1-3-5-7;1-5(2,3)4/h1-5,8H,6,10H2,(H,11,12);(H4,1,2,3,4). The average molecular weight is 262 g/mol. The van der Waals surface area contributed by atoms with Crippen LogP contribution in [0.3, 0.4) is 0 Å². The minimum absolute atomic E-state index is 0.385. The van der Waals surface area contributed by atoms with Gasteiger partial charge < -0.3 is 20.6 Å². The van der Waals surface area contributed by atoms with E-state index in [2.05, 4.69) is 5.50 Å². The molecular formula is C9H15N2O5P. The zero-order chi connectivity index (χ0) is 13.5. The van der Waals surface area contributed by atoms with Gasteiger partial charge in [-0.3, -0.25) is 4.79 Å². The Morgan fingerprint density at radius 2 is 1.71 bits per heavy atom. The first-order valence-corrected chi connectivity index (χ1v) is 6.24. The van der Waals surface area contributed by atoms with Crippen LogP contribution in [-0.2, 0) is 15.8 Å². The molecule has 0 aliphatic carbocycles. The van der Waals surface area contributed by atoms with Gasteiger partial charge in [-0.1, -0.05) is 30.3 Å². The first-order chi connectivity index (χ1) is 7.70. The topological polar surface area (TPSA) is 147 Å². The van der Waals surface area contributed by atoms with Crippen LogP contribution in [0.2, 0.25) is 0 Å². The fraction of sp³-hybridized carbons (Fsp3) is 0.222. The maximum absolute atomic E-state index is 10.4. The molecule has 0 heterocycles. The van der Waals surface area contributed by atoms with Crippen molar-refractivity contribution in [3.8, 4) is 0 Å². The van der Waals surface area contributed by atoms with Crippen molar-refractivity contribution < 1.29 is 24.3 Å². The number of carbonyl (C=O) groups is 1. The molecule has 17 heavy (non-hydrogen) atoms. The van der Waals surface area contributed by atoms with Crippen molar-refractivity contribution in [1.29, 1.82) is 0 Å². The Morgan fingerprint density at radius 3 is 2.06 bits per heavy atom. The summed E-state index contributed by atoms with van der Waals surface area (Å²) < 4.78 is 9.10. The molecule has 1 unspecified atom stereocenters. The molecule has 0 saturated carbocycles. The van der Waals surface area contributed by atoms with Crippen LogP contribution in [0.5, 0.6) is 0 Å². The Labute approximate surface area is 98.3 Å². The Morgan fingerprint density at radius 1 is 1.29 bits per heavy atom. The molecular weight excluding hydrogens is 247 g/mol. The summed E-state index contributed by atoms with van der Waals surface area (Å²) in [5, 5.41) is 8.52. The molecule has 1 rings (SSSR count). The lowest BCUT2D eigenvalue weighted by Crippen LogP contribution is -2.32. The van der Waals surface area contributed by atoms with E-state index < -0.39 is 19.8 Å². The molecule has 0 amide bonds. The molecule has 7 N–H and O–H groups in total. The molecule has 0 spiro atoms. The highest BCUT2D eigenvalue weighted by atomic mass is 31.2. The number of hydrogen-bond acceptors (Lipinski definition) is 3. The number of benzene rings is 1. The second-order valence-electron chi connectivity index (χ2n) is 3.22. The van der Waals surface area contributed by atoms with Gasteiger partial charge in [0.05, 0.1) is 0 Å². The van der Waals surface area contributed by atoms with E-state index >= 15 is 0 Å². The summed E-state index contributed by atoms with van der Waals surface area (Å²) in [4.78, 5) is 25.2. The molecule has 0 aliphatic heterocycles. The second-order valence-corrected chi connectivity index (χ2v) is 4.40. The van der Waals surface area contributed by atoms with Crippen molar-refractivity contribution in [2.24, 2.45) is 11.2 Å². The molecule has 1 aromatic carbocycles. The Hall–Kier alpha value is -1.24. The van der Waals surface area contributed by atoms with Crippen LogP contribution in [-0.4, -0.2) is 26.9 Å². The largest absolute Gasteiger partial charge is 0.480 e. The zero-order valence-electron chi connectivity index (χ0n) is 8.93. The van der Waals surface area contributed by atoms with Crippen molar-refractivity contribution in [3.05, 3.63) is 35.9 Å². The van der Waals surface area contributed by atoms with E-state index in [0.29, 0.717) is 6.42 Å². The second kappa shape index (κ2) is 7.16. The highest BCUT2D eigenvalue weighted by Crippen LogP contribution is 2.20. The summed E-state index contributed by atoms with van der Waals surface area (Å²) in [5.74, 6) is -0.959. The van der Waals surface area contributed by atoms with Gasteiger partial charge in [0.1, 0.15) is 6.04 Å². The predicted molar refractivity (Wildman–Crippen MR) is 62.0 cm³/mol. The van der Waals surface area contributed by atoms with E-state index in [1.54, 1.807) is 0 Å². The van der Waals surface area contributed by atoms with E-state index in [1.165, 1.54) is 0 Å². The summed E-state index contributed by atoms with van der Waals surface area (Å²) in [6.07, 6.45) is 0.385. The third-order valence-corrected chi connectivity index (χ3v) is 1.62. The molecule has 8 heteroatoms. The molecule has 0 saturated heterocycles. The average Bonchev–Trinajstić information content (AvgIpc) is 2.16. The van der Waals surface area contributed by atoms with Gasteiger partial charge in [0.15, 0.2) is 0 Å². The van der Waals surface area contributed by atoms with Crippen LogP contribution < -0.4 is 11.2 Å². The Kier molecular flexibility index (Phi) is 6.64. The number of rotatable bonds is 3. The number of hydrogen-bond donors (Lipinski definition) is 5. The minimum atomic E-state index is -4.14. The minimum Gasteiger partial charge on any atom is -0.480 e. The molecule has 0 bridgehead atoms. The van der Waals surface area contributed by atoms with Crippen molar-refractivity contribution in [2.45, 2.75) is 12.5 Å². The molecule has 1 atom stereocenters. The quantitative estimate of drug-likeness (QED) is 0.469. The monoisotopic (exact) mass is 262 g/mol. The van der Waals surface area contributed by atoms with Gasteiger partial charge in [-0.25, -0.2) is 10.1 Å². The fourth-order valence-electron chi connectivity index (χ4n) is 0.955. The Bertz CT molecular complexity index is 383. The first-order valence-electron chi connectivity index (χ1n) is 4.56. The number of nitrogens with two attached hydrogens (primary N) is 2. The maximum Gasteiger partial charge on any atom is 0.397 e. The van der Waals surface area contributed by atoms with E-state index in [1.807, 2.05) is 30.3 Å². The highest BCUT2D eigenvalue weighted by Gasteiger charge is 2.10. The van der Waals surface area contributed by atoms with Crippen LogP contribution >= 0.6 is 7.75 Å². The lowest BCUT2D eigenvalue weighted by molar-refractivity contribution is -0.138. The van der Waals surface area contributed by atoms with Crippen molar-refractivity contribution >= 4 is 13.7 Å². The summed E-state index contributed by atoms with van der Waals surface area (Å²) in [7, 11) is -4.14. The van der Waals surface area contributed by atoms with Crippen molar-refractivity contribution in [1.82, 2.24) is 0 Å². The van der Waals surface area contributed by atoms with Gasteiger partial charge in [-0.15, -0.1) is 0 Å². The Balaban J connectivity index is 0.000000437. The molecule has 0 radical (unpaired) electrons. The van der Waals surface area contributed by atoms with Crippen molar-refractivity contribution in [2.75, 3.05) is 0 Å². The zero-order valence-corrected chi connectivity index (χ0v) is 9.83. The first kappa shape index (κ1) is 15.8. The highest BCUT2D eigenvalue weighted by molar-refractivity contribution is 7.49. The van der Waals surface area contributed by atoms with Crippen molar-refractivity contribution in [3.63, 3.8) is 0 Å². The van der Waals surface area contributed by atoms with Crippen LogP contribution in [0, 0.1) is 0 Å². The predicted octanol–water partition coefficient (Wildman–Crippen LogP) is -0.321. The maximum atomic E-state index is 10.4. The van der Waals surface area contributed by atoms with Gasteiger partial charge >= 0.3 is 13.7 Å². The lowest BCUT2D eigenvalue weighted by atomic mass is 10.1. The molecule has 96 valence electrons. The van der Waals surface area contributed by atoms with Gasteiger partial charge in [-0.05, 0) is 12.0 Å².